The van der Waals surface area contributed by atoms with Gasteiger partial charge in [0.25, 0.3) is 0 Å². The molecule has 3 saturated heterocycles. The van der Waals surface area contributed by atoms with Crippen LogP contribution in [-0.2, 0) is 0 Å². The summed E-state index contributed by atoms with van der Waals surface area (Å²) in [6.45, 7) is 10.9. The highest BCUT2D eigenvalue weighted by molar-refractivity contribution is 5.40. The SMILES string of the molecule is N#CC(C#N)=C1N(CCCN2CCCC2)CCN1CCCN1CCCC1. The minimum absolute atomic E-state index is 0.282. The predicted molar refractivity (Wildman–Crippen MR) is 102 cm³/mol. The van der Waals surface area contributed by atoms with Crippen molar-refractivity contribution in [2.45, 2.75) is 38.5 Å². The molecule has 0 aromatic rings. The van der Waals surface area contributed by atoms with Gasteiger partial charge in [0.15, 0.2) is 5.57 Å². The molecule has 0 aliphatic carbocycles. The molecule has 0 radical (unpaired) electrons. The molecule has 6 heteroatoms. The molecule has 6 nitrogen and oxygen atoms in total. The van der Waals surface area contributed by atoms with E-state index in [2.05, 4.69) is 31.7 Å². The summed E-state index contributed by atoms with van der Waals surface area (Å²) in [5.41, 5.74) is 0.282. The van der Waals surface area contributed by atoms with Crippen LogP contribution < -0.4 is 0 Å². The van der Waals surface area contributed by atoms with Crippen molar-refractivity contribution in [2.75, 3.05) is 65.4 Å². The monoisotopic (exact) mass is 356 g/mol. The van der Waals surface area contributed by atoms with E-state index in [-0.39, 0.29) is 5.57 Å². The van der Waals surface area contributed by atoms with E-state index < -0.39 is 0 Å². The van der Waals surface area contributed by atoms with Gasteiger partial charge in [0.05, 0.1) is 0 Å². The molecule has 26 heavy (non-hydrogen) atoms. The third kappa shape index (κ3) is 4.90. The lowest BCUT2D eigenvalue weighted by Crippen LogP contribution is -2.30. The Bertz CT molecular complexity index is 512. The highest BCUT2D eigenvalue weighted by Gasteiger charge is 2.28. The number of allylic oxidation sites excluding steroid dienone is 1. The van der Waals surface area contributed by atoms with Gasteiger partial charge >= 0.3 is 0 Å². The number of likely N-dealkylation sites (tertiary alicyclic amines) is 2. The topological polar surface area (TPSA) is 60.5 Å². The largest absolute Gasteiger partial charge is 0.355 e. The van der Waals surface area contributed by atoms with E-state index in [1.807, 2.05) is 0 Å². The van der Waals surface area contributed by atoms with Crippen molar-refractivity contribution in [1.29, 1.82) is 10.5 Å². The molecule has 0 N–H and O–H groups in total. The average Bonchev–Trinajstić information content (AvgIpc) is 3.40. The molecule has 0 bridgehead atoms. The molecule has 0 amide bonds. The first kappa shape index (κ1) is 19.0. The maximum Gasteiger partial charge on any atom is 0.169 e. The Balaban J connectivity index is 1.52. The van der Waals surface area contributed by atoms with Gasteiger partial charge < -0.3 is 19.6 Å². The molecule has 0 atom stereocenters. The van der Waals surface area contributed by atoms with Gasteiger partial charge in [-0.2, -0.15) is 10.5 Å². The Kier molecular flexibility index (Phi) is 7.17. The summed E-state index contributed by atoms with van der Waals surface area (Å²) in [6, 6.07) is 4.26. The van der Waals surface area contributed by atoms with E-state index in [9.17, 15) is 10.5 Å². The maximum absolute atomic E-state index is 9.42. The Labute approximate surface area is 158 Å². The van der Waals surface area contributed by atoms with Crippen molar-refractivity contribution < 1.29 is 0 Å². The Morgan fingerprint density at radius 3 is 1.46 bits per heavy atom. The third-order valence-corrected chi connectivity index (χ3v) is 5.89. The van der Waals surface area contributed by atoms with Crippen LogP contribution in [-0.4, -0.2) is 85.0 Å². The van der Waals surface area contributed by atoms with Crippen LogP contribution in [0.2, 0.25) is 0 Å². The smallest absolute Gasteiger partial charge is 0.169 e. The summed E-state index contributed by atoms with van der Waals surface area (Å²) in [5, 5.41) is 18.8. The van der Waals surface area contributed by atoms with Crippen molar-refractivity contribution >= 4 is 0 Å². The maximum atomic E-state index is 9.42. The van der Waals surface area contributed by atoms with E-state index in [0.717, 1.165) is 57.9 Å². The normalized spacial score (nSPS) is 21.4. The van der Waals surface area contributed by atoms with Gasteiger partial charge in [0, 0.05) is 26.2 Å². The van der Waals surface area contributed by atoms with E-state index in [1.54, 1.807) is 0 Å². The number of rotatable bonds is 8. The quantitative estimate of drug-likeness (QED) is 0.619. The standard InChI is InChI=1S/C20H32N6/c21-17-19(18-22)20-25(13-5-11-23-7-1-2-8-23)15-16-26(20)14-6-12-24-9-3-4-10-24/h1-16H2. The number of hydrogen-bond donors (Lipinski definition) is 0. The summed E-state index contributed by atoms with van der Waals surface area (Å²) in [5.74, 6) is 0.887. The Hall–Kier alpha value is -1.76. The van der Waals surface area contributed by atoms with Gasteiger partial charge in [-0.1, -0.05) is 0 Å². The zero-order chi connectivity index (χ0) is 18.2. The lowest BCUT2D eigenvalue weighted by molar-refractivity contribution is 0.275. The van der Waals surface area contributed by atoms with Crippen LogP contribution in [0.25, 0.3) is 0 Å². The summed E-state index contributed by atoms with van der Waals surface area (Å²) in [7, 11) is 0. The highest BCUT2D eigenvalue weighted by atomic mass is 15.4. The van der Waals surface area contributed by atoms with Crippen LogP contribution >= 0.6 is 0 Å². The highest BCUT2D eigenvalue weighted by Crippen LogP contribution is 2.23. The summed E-state index contributed by atoms with van der Waals surface area (Å²) >= 11 is 0. The van der Waals surface area contributed by atoms with Gasteiger partial charge in [0.2, 0.25) is 0 Å². The molecule has 3 rings (SSSR count). The zero-order valence-electron chi connectivity index (χ0n) is 16.0. The van der Waals surface area contributed by atoms with Crippen molar-refractivity contribution in [3.05, 3.63) is 11.4 Å². The van der Waals surface area contributed by atoms with Gasteiger partial charge in [-0.3, -0.25) is 0 Å². The predicted octanol–water partition coefficient (Wildman–Crippen LogP) is 1.83. The summed E-state index contributed by atoms with van der Waals surface area (Å²) in [6.07, 6.45) is 7.52. The fourth-order valence-corrected chi connectivity index (χ4v) is 4.51. The van der Waals surface area contributed by atoms with Crippen LogP contribution in [0.4, 0.5) is 0 Å². The first-order valence-electron chi connectivity index (χ1n) is 10.3. The van der Waals surface area contributed by atoms with Gasteiger partial charge in [-0.15, -0.1) is 0 Å². The minimum Gasteiger partial charge on any atom is -0.355 e. The third-order valence-electron chi connectivity index (χ3n) is 5.89. The van der Waals surface area contributed by atoms with Crippen molar-refractivity contribution in [3.8, 4) is 12.1 Å². The average molecular weight is 357 g/mol. The minimum atomic E-state index is 0.282. The second-order valence-corrected chi connectivity index (χ2v) is 7.70. The molecular weight excluding hydrogens is 324 g/mol. The van der Waals surface area contributed by atoms with E-state index >= 15 is 0 Å². The Morgan fingerprint density at radius 1 is 0.654 bits per heavy atom. The van der Waals surface area contributed by atoms with Crippen LogP contribution in [0.15, 0.2) is 11.4 Å². The van der Waals surface area contributed by atoms with Crippen LogP contribution in [0.3, 0.4) is 0 Å². The molecule has 0 unspecified atom stereocenters. The van der Waals surface area contributed by atoms with E-state index in [4.69, 9.17) is 0 Å². The van der Waals surface area contributed by atoms with Crippen molar-refractivity contribution in [2.24, 2.45) is 0 Å². The number of nitriles is 2. The zero-order valence-corrected chi connectivity index (χ0v) is 16.0. The molecule has 3 aliphatic rings. The molecule has 0 aromatic carbocycles. The number of hydrogen-bond acceptors (Lipinski definition) is 6. The van der Waals surface area contributed by atoms with Crippen LogP contribution in [0.1, 0.15) is 38.5 Å². The van der Waals surface area contributed by atoms with Crippen LogP contribution in [0, 0.1) is 22.7 Å². The van der Waals surface area contributed by atoms with E-state index in [1.165, 1.54) is 51.9 Å². The molecule has 142 valence electrons. The first-order chi connectivity index (χ1) is 12.8. The molecule has 3 fully saturated rings. The molecule has 3 heterocycles. The van der Waals surface area contributed by atoms with Gasteiger partial charge in [-0.25, -0.2) is 0 Å². The molecule has 0 spiro atoms. The second-order valence-electron chi connectivity index (χ2n) is 7.70. The summed E-state index contributed by atoms with van der Waals surface area (Å²) in [4.78, 5) is 9.60. The Morgan fingerprint density at radius 2 is 1.08 bits per heavy atom. The van der Waals surface area contributed by atoms with Crippen LogP contribution in [0.5, 0.6) is 0 Å². The molecular formula is C20H32N6. The first-order valence-corrected chi connectivity index (χ1v) is 10.3. The van der Waals surface area contributed by atoms with Gasteiger partial charge in [0.1, 0.15) is 18.0 Å². The van der Waals surface area contributed by atoms with Crippen molar-refractivity contribution in [3.63, 3.8) is 0 Å². The molecule has 3 aliphatic heterocycles. The lowest BCUT2D eigenvalue weighted by atomic mass is 10.2. The molecule has 0 saturated carbocycles. The number of nitrogens with zero attached hydrogens (tertiary/aromatic N) is 6. The summed E-state index contributed by atoms with van der Waals surface area (Å²) < 4.78 is 0. The van der Waals surface area contributed by atoms with Crippen molar-refractivity contribution in [1.82, 2.24) is 19.6 Å². The van der Waals surface area contributed by atoms with E-state index in [0.29, 0.717) is 0 Å². The lowest BCUT2D eigenvalue weighted by Gasteiger charge is -2.26. The molecule has 0 aromatic heterocycles. The fourth-order valence-electron chi connectivity index (χ4n) is 4.51. The second kappa shape index (κ2) is 9.80. The fraction of sp³-hybridized carbons (Fsp3) is 0.800. The van der Waals surface area contributed by atoms with Gasteiger partial charge in [-0.05, 0) is 77.8 Å².